The molecule has 0 fully saturated rings. The number of ether oxygens (including phenoxy) is 3. The fourth-order valence-corrected chi connectivity index (χ4v) is 3.52. The van der Waals surface area contributed by atoms with Gasteiger partial charge >= 0.3 is 0 Å². The monoisotopic (exact) mass is 441 g/mol. The molecule has 3 rings (SSSR count). The molecule has 8 nitrogen and oxygen atoms in total. The Labute approximate surface area is 188 Å². The maximum Gasteiger partial charge on any atom is 0.244 e. The summed E-state index contributed by atoms with van der Waals surface area (Å²) in [6.45, 7) is 4.52. The molecule has 32 heavy (non-hydrogen) atoms. The van der Waals surface area contributed by atoms with Gasteiger partial charge in [-0.3, -0.25) is 0 Å². The zero-order valence-corrected chi connectivity index (χ0v) is 19.2. The summed E-state index contributed by atoms with van der Waals surface area (Å²) in [7, 11) is 4.67. The average Bonchev–Trinajstić information content (AvgIpc) is 3.28. The molecule has 0 spiro atoms. The van der Waals surface area contributed by atoms with E-state index in [1.807, 2.05) is 30.3 Å². The summed E-state index contributed by atoms with van der Waals surface area (Å²) < 4.78 is 21.8. The van der Waals surface area contributed by atoms with Crippen LogP contribution in [0.3, 0.4) is 0 Å². The van der Waals surface area contributed by atoms with Crippen molar-refractivity contribution in [3.63, 3.8) is 0 Å². The highest BCUT2D eigenvalue weighted by Gasteiger charge is 2.24. The van der Waals surface area contributed by atoms with Gasteiger partial charge in [0.2, 0.25) is 17.5 Å². The molecular weight excluding hydrogens is 410 g/mol. The summed E-state index contributed by atoms with van der Waals surface area (Å²) in [5.74, 6) is 2.56. The largest absolute Gasteiger partial charge is 0.493 e. The van der Waals surface area contributed by atoms with Crippen molar-refractivity contribution in [3.05, 3.63) is 53.9 Å². The van der Waals surface area contributed by atoms with Crippen molar-refractivity contribution in [1.82, 2.24) is 15.5 Å². The molecule has 8 heteroatoms. The zero-order chi connectivity index (χ0) is 23.1. The van der Waals surface area contributed by atoms with Crippen LogP contribution in [0.4, 0.5) is 0 Å². The predicted octanol–water partition coefficient (Wildman–Crippen LogP) is 3.65. The van der Waals surface area contributed by atoms with Gasteiger partial charge in [0.25, 0.3) is 0 Å². The summed E-state index contributed by atoms with van der Waals surface area (Å²) in [6, 6.07) is 13.3. The Morgan fingerprint density at radius 3 is 2.22 bits per heavy atom. The van der Waals surface area contributed by atoms with E-state index in [0.717, 1.165) is 5.56 Å². The lowest BCUT2D eigenvalue weighted by Crippen LogP contribution is -2.34. The maximum absolute atomic E-state index is 10.5. The molecule has 0 aliphatic rings. The SMILES string of the molecule is COc1cc(-c2noc([C@H](NC[C@H](O)Cc3ccccc3)C(C)C)n2)cc(OC)c1OC. The van der Waals surface area contributed by atoms with Gasteiger partial charge in [0, 0.05) is 12.1 Å². The van der Waals surface area contributed by atoms with E-state index in [4.69, 9.17) is 18.7 Å². The smallest absolute Gasteiger partial charge is 0.244 e. The maximum atomic E-state index is 10.5. The molecule has 0 saturated carbocycles. The van der Waals surface area contributed by atoms with Gasteiger partial charge in [-0.1, -0.05) is 49.3 Å². The molecule has 0 aliphatic carbocycles. The minimum Gasteiger partial charge on any atom is -0.493 e. The van der Waals surface area contributed by atoms with Gasteiger partial charge in [0.1, 0.15) is 0 Å². The number of aliphatic hydroxyl groups is 1. The summed E-state index contributed by atoms with van der Waals surface area (Å²) in [5, 5.41) is 18.0. The van der Waals surface area contributed by atoms with Crippen molar-refractivity contribution in [1.29, 1.82) is 0 Å². The molecule has 0 saturated heterocycles. The van der Waals surface area contributed by atoms with E-state index in [2.05, 4.69) is 29.3 Å². The van der Waals surface area contributed by atoms with Crippen molar-refractivity contribution in [2.75, 3.05) is 27.9 Å². The Morgan fingerprint density at radius 1 is 1.00 bits per heavy atom. The van der Waals surface area contributed by atoms with Crippen LogP contribution in [0.25, 0.3) is 11.4 Å². The molecule has 2 atom stereocenters. The first-order valence-electron chi connectivity index (χ1n) is 10.6. The Balaban J connectivity index is 1.75. The zero-order valence-electron chi connectivity index (χ0n) is 19.2. The molecule has 0 amide bonds. The van der Waals surface area contributed by atoms with Gasteiger partial charge in [-0.25, -0.2) is 0 Å². The summed E-state index contributed by atoms with van der Waals surface area (Å²) in [6.07, 6.45) is 0.0373. The number of nitrogens with zero attached hydrogens (tertiary/aromatic N) is 2. The van der Waals surface area contributed by atoms with Gasteiger partial charge in [-0.2, -0.15) is 4.98 Å². The van der Waals surface area contributed by atoms with Crippen molar-refractivity contribution in [3.8, 4) is 28.6 Å². The minimum absolute atomic E-state index is 0.173. The lowest BCUT2D eigenvalue weighted by molar-refractivity contribution is 0.158. The van der Waals surface area contributed by atoms with E-state index in [1.165, 1.54) is 0 Å². The number of aliphatic hydroxyl groups excluding tert-OH is 1. The molecule has 2 N–H and O–H groups in total. The minimum atomic E-state index is -0.531. The summed E-state index contributed by atoms with van der Waals surface area (Å²) in [4.78, 5) is 4.60. The fourth-order valence-electron chi connectivity index (χ4n) is 3.52. The third-order valence-corrected chi connectivity index (χ3v) is 5.18. The molecule has 1 aromatic heterocycles. The second kappa shape index (κ2) is 11.0. The first-order valence-corrected chi connectivity index (χ1v) is 10.6. The number of aromatic nitrogens is 2. The summed E-state index contributed by atoms with van der Waals surface area (Å²) >= 11 is 0. The number of nitrogens with one attached hydrogen (secondary N) is 1. The molecule has 0 unspecified atom stereocenters. The lowest BCUT2D eigenvalue weighted by atomic mass is 10.0. The lowest BCUT2D eigenvalue weighted by Gasteiger charge is -2.20. The first-order chi connectivity index (χ1) is 15.5. The Kier molecular flexibility index (Phi) is 8.08. The summed E-state index contributed by atoms with van der Waals surface area (Å²) in [5.41, 5.74) is 1.77. The predicted molar refractivity (Wildman–Crippen MR) is 121 cm³/mol. The molecular formula is C24H31N3O5. The third kappa shape index (κ3) is 5.57. The van der Waals surface area contributed by atoms with Gasteiger partial charge in [0.15, 0.2) is 11.5 Å². The van der Waals surface area contributed by atoms with Gasteiger partial charge in [0.05, 0.1) is 33.5 Å². The van der Waals surface area contributed by atoms with Crippen LogP contribution < -0.4 is 19.5 Å². The number of methoxy groups -OCH3 is 3. The van der Waals surface area contributed by atoms with Crippen molar-refractivity contribution >= 4 is 0 Å². The van der Waals surface area contributed by atoms with E-state index in [-0.39, 0.29) is 12.0 Å². The quantitative estimate of drug-likeness (QED) is 0.465. The molecule has 0 radical (unpaired) electrons. The van der Waals surface area contributed by atoms with Crippen molar-refractivity contribution in [2.45, 2.75) is 32.4 Å². The highest BCUT2D eigenvalue weighted by molar-refractivity contribution is 5.66. The highest BCUT2D eigenvalue weighted by Crippen LogP contribution is 2.40. The molecule has 3 aromatic rings. The molecule has 1 heterocycles. The molecule has 0 bridgehead atoms. The average molecular weight is 442 g/mol. The van der Waals surface area contributed by atoms with Crippen LogP contribution in [0.2, 0.25) is 0 Å². The van der Waals surface area contributed by atoms with Crippen LogP contribution in [0, 0.1) is 5.92 Å². The van der Waals surface area contributed by atoms with Crippen LogP contribution in [0.1, 0.15) is 31.3 Å². The number of hydrogen-bond donors (Lipinski definition) is 2. The van der Waals surface area contributed by atoms with Gasteiger partial charge in [-0.05, 0) is 30.0 Å². The fraction of sp³-hybridized carbons (Fsp3) is 0.417. The Hall–Kier alpha value is -3.10. The Morgan fingerprint density at radius 2 is 1.66 bits per heavy atom. The van der Waals surface area contributed by atoms with Crippen LogP contribution in [0.15, 0.2) is 47.0 Å². The van der Waals surface area contributed by atoms with E-state index >= 15 is 0 Å². The van der Waals surface area contributed by atoms with E-state index < -0.39 is 6.10 Å². The first kappa shape index (κ1) is 23.6. The topological polar surface area (TPSA) is 98.9 Å². The van der Waals surface area contributed by atoms with E-state index in [9.17, 15) is 5.11 Å². The van der Waals surface area contributed by atoms with Crippen LogP contribution in [-0.2, 0) is 6.42 Å². The third-order valence-electron chi connectivity index (χ3n) is 5.18. The number of hydrogen-bond acceptors (Lipinski definition) is 8. The van der Waals surface area contributed by atoms with Crippen LogP contribution in [-0.4, -0.2) is 49.2 Å². The second-order valence-corrected chi connectivity index (χ2v) is 7.84. The van der Waals surface area contributed by atoms with Gasteiger partial charge < -0.3 is 29.2 Å². The van der Waals surface area contributed by atoms with E-state index in [0.29, 0.717) is 47.5 Å². The van der Waals surface area contributed by atoms with E-state index in [1.54, 1.807) is 33.5 Å². The van der Waals surface area contributed by atoms with Gasteiger partial charge in [-0.15, -0.1) is 0 Å². The molecule has 2 aromatic carbocycles. The number of rotatable bonds is 11. The normalized spacial score (nSPS) is 13.1. The van der Waals surface area contributed by atoms with Crippen LogP contribution >= 0.6 is 0 Å². The Bertz CT molecular complexity index is 965. The molecule has 0 aliphatic heterocycles. The molecule has 172 valence electrons. The van der Waals surface area contributed by atoms with Crippen molar-refractivity contribution in [2.24, 2.45) is 5.92 Å². The standard InChI is InChI=1S/C24H31N3O5/c1-15(2)21(25-14-18(28)11-16-9-7-6-8-10-16)24-26-23(27-32-24)17-12-19(29-3)22(31-5)20(13-17)30-4/h6-10,12-13,15,18,21,25,28H,11,14H2,1-5H3/t18-,21-/m1/s1. The highest BCUT2D eigenvalue weighted by atomic mass is 16.5. The number of benzene rings is 2. The van der Waals surface area contributed by atoms with Crippen molar-refractivity contribution < 1.29 is 23.8 Å². The second-order valence-electron chi connectivity index (χ2n) is 7.84. The van der Waals surface area contributed by atoms with Crippen LogP contribution in [0.5, 0.6) is 17.2 Å².